The zero-order valence-electron chi connectivity index (χ0n) is 18.2. The maximum atomic E-state index is 11.7. The second-order valence-corrected chi connectivity index (χ2v) is 8.65. The van der Waals surface area contributed by atoms with Gasteiger partial charge in [0.2, 0.25) is 11.8 Å². The third-order valence-corrected chi connectivity index (χ3v) is 6.72. The maximum Gasteiger partial charge on any atom is 0.352 e. The minimum absolute atomic E-state index is 0.0249. The van der Waals surface area contributed by atoms with Crippen LogP contribution in [-0.2, 0) is 19.1 Å². The molecule has 0 bridgehead atoms. The monoisotopic (exact) mass is 468 g/mol. The molecule has 2 amide bonds. The molecular weight excluding hydrogens is 444 g/mol. The second kappa shape index (κ2) is 10.4. The number of amides is 2. The molecule has 0 spiro atoms. The van der Waals surface area contributed by atoms with Crippen molar-refractivity contribution in [2.45, 2.75) is 19.2 Å². The van der Waals surface area contributed by atoms with Crippen molar-refractivity contribution in [1.29, 1.82) is 0 Å². The Hall–Kier alpha value is -3.59. The number of nitrogens with two attached hydrogens (primary N) is 1. The SMILES string of the molecule is CC(=O)OCC1=C(C(=O)O)N2C(=O)[C@@H](C)[C@H]2SC1.NC(=O)c1ccc(-c2ccccc2)cc1. The van der Waals surface area contributed by atoms with Gasteiger partial charge in [-0.2, -0.15) is 0 Å². The van der Waals surface area contributed by atoms with Gasteiger partial charge in [0.15, 0.2) is 0 Å². The molecule has 1 fully saturated rings. The van der Waals surface area contributed by atoms with Crippen molar-refractivity contribution in [2.75, 3.05) is 12.4 Å². The Bertz CT molecular complexity index is 1100. The van der Waals surface area contributed by atoms with Gasteiger partial charge in [-0.15, -0.1) is 11.8 Å². The highest BCUT2D eigenvalue weighted by Gasteiger charge is 2.51. The Morgan fingerprint density at radius 1 is 1.09 bits per heavy atom. The summed E-state index contributed by atoms with van der Waals surface area (Å²) in [7, 11) is 0. The number of esters is 1. The minimum atomic E-state index is -1.15. The quantitative estimate of drug-likeness (QED) is 0.510. The first-order chi connectivity index (χ1) is 15.7. The highest BCUT2D eigenvalue weighted by Crippen LogP contribution is 2.43. The number of fused-ring (bicyclic) bond motifs is 1. The largest absolute Gasteiger partial charge is 0.477 e. The van der Waals surface area contributed by atoms with Crippen LogP contribution in [0.15, 0.2) is 65.9 Å². The fourth-order valence-corrected chi connectivity index (χ4v) is 4.86. The summed E-state index contributed by atoms with van der Waals surface area (Å²) in [6, 6.07) is 17.3. The Morgan fingerprint density at radius 3 is 2.24 bits per heavy atom. The number of carboxylic acid groups (broad SMARTS) is 1. The predicted octanol–water partition coefficient (Wildman–Crippen LogP) is 2.89. The first kappa shape index (κ1) is 24.1. The average molecular weight is 469 g/mol. The zero-order chi connectivity index (χ0) is 24.1. The number of hydrogen-bond donors (Lipinski definition) is 2. The van der Waals surface area contributed by atoms with Gasteiger partial charge < -0.3 is 15.6 Å². The summed E-state index contributed by atoms with van der Waals surface area (Å²) < 4.78 is 4.82. The molecule has 9 heteroatoms. The van der Waals surface area contributed by atoms with Gasteiger partial charge in [0.25, 0.3) is 0 Å². The Balaban J connectivity index is 0.000000189. The highest BCUT2D eigenvalue weighted by molar-refractivity contribution is 8.00. The molecular formula is C24H24N2O6S. The number of nitrogens with zero attached hydrogens (tertiary/aromatic N) is 1. The smallest absolute Gasteiger partial charge is 0.352 e. The number of ether oxygens (including phenoxy) is 1. The number of carbonyl (C=O) groups is 4. The Labute approximate surface area is 195 Å². The molecule has 0 radical (unpaired) electrons. The number of carboxylic acids is 1. The van der Waals surface area contributed by atoms with Gasteiger partial charge >= 0.3 is 11.9 Å². The van der Waals surface area contributed by atoms with Crippen LogP contribution in [0.5, 0.6) is 0 Å². The van der Waals surface area contributed by atoms with Crippen LogP contribution in [0.3, 0.4) is 0 Å². The fourth-order valence-electron chi connectivity index (χ4n) is 3.50. The number of carbonyl (C=O) groups excluding carboxylic acids is 3. The summed E-state index contributed by atoms with van der Waals surface area (Å²) in [6.45, 7) is 2.97. The van der Waals surface area contributed by atoms with E-state index in [-0.39, 0.29) is 29.5 Å². The lowest BCUT2D eigenvalue weighted by molar-refractivity contribution is -0.151. The van der Waals surface area contributed by atoms with E-state index in [1.165, 1.54) is 23.6 Å². The number of rotatable bonds is 5. The number of primary amides is 1. The van der Waals surface area contributed by atoms with Crippen molar-refractivity contribution < 1.29 is 29.0 Å². The molecule has 1 saturated heterocycles. The average Bonchev–Trinajstić information content (AvgIpc) is 2.82. The van der Waals surface area contributed by atoms with E-state index >= 15 is 0 Å². The van der Waals surface area contributed by atoms with Gasteiger partial charge in [0.1, 0.15) is 12.3 Å². The fraction of sp³-hybridized carbons (Fsp3) is 0.250. The van der Waals surface area contributed by atoms with Crippen molar-refractivity contribution in [3.8, 4) is 11.1 Å². The number of benzene rings is 2. The van der Waals surface area contributed by atoms with Crippen molar-refractivity contribution in [1.82, 2.24) is 4.90 Å². The van der Waals surface area contributed by atoms with Crippen molar-refractivity contribution in [3.63, 3.8) is 0 Å². The van der Waals surface area contributed by atoms with E-state index in [4.69, 9.17) is 10.5 Å². The summed E-state index contributed by atoms with van der Waals surface area (Å²) in [5.41, 5.74) is 8.36. The van der Waals surface area contributed by atoms with E-state index in [1.54, 1.807) is 19.1 Å². The maximum absolute atomic E-state index is 11.7. The van der Waals surface area contributed by atoms with E-state index in [0.717, 1.165) is 11.1 Å². The molecule has 4 rings (SSSR count). The molecule has 2 heterocycles. The molecule has 3 N–H and O–H groups in total. The number of β-lactam (4-membered cyclic amide) rings is 1. The first-order valence-electron chi connectivity index (χ1n) is 10.2. The van der Waals surface area contributed by atoms with Crippen molar-refractivity contribution in [2.24, 2.45) is 11.7 Å². The summed E-state index contributed by atoms with van der Waals surface area (Å²) in [5.74, 6) is -1.89. The van der Waals surface area contributed by atoms with Crippen LogP contribution in [0.4, 0.5) is 0 Å². The minimum Gasteiger partial charge on any atom is -0.477 e. The molecule has 2 aliphatic rings. The van der Waals surface area contributed by atoms with Crippen LogP contribution in [0.1, 0.15) is 24.2 Å². The van der Waals surface area contributed by atoms with Crippen LogP contribution in [-0.4, -0.2) is 51.5 Å². The normalized spacial score (nSPS) is 19.0. The lowest BCUT2D eigenvalue weighted by atomic mass is 9.98. The second-order valence-electron chi connectivity index (χ2n) is 7.54. The third kappa shape index (κ3) is 5.43. The Morgan fingerprint density at radius 2 is 1.70 bits per heavy atom. The predicted molar refractivity (Wildman–Crippen MR) is 124 cm³/mol. The summed E-state index contributed by atoms with van der Waals surface area (Å²) in [4.78, 5) is 45.9. The highest BCUT2D eigenvalue weighted by atomic mass is 32.2. The zero-order valence-corrected chi connectivity index (χ0v) is 19.0. The molecule has 172 valence electrons. The Kier molecular flexibility index (Phi) is 7.55. The van der Waals surface area contributed by atoms with E-state index in [1.807, 2.05) is 42.5 Å². The van der Waals surface area contributed by atoms with Crippen molar-refractivity contribution in [3.05, 3.63) is 71.4 Å². The molecule has 33 heavy (non-hydrogen) atoms. The number of thioether (sulfide) groups is 1. The standard InChI is InChI=1S/C13H11NO.C11H13NO5S/c14-13(15)12-8-6-11(7-9-12)10-4-2-1-3-5-10;1-5-9(14)12-8(11(15)16)7(3-17-6(2)13)4-18-10(5)12/h1-9H,(H2,14,15);5,10H,3-4H2,1-2H3,(H,15,16)/t;5-,10-/m.1/s1. The molecule has 0 saturated carbocycles. The van der Waals surface area contributed by atoms with Crippen LogP contribution >= 0.6 is 11.8 Å². The van der Waals surface area contributed by atoms with Gasteiger partial charge in [0.05, 0.1) is 11.3 Å². The van der Waals surface area contributed by atoms with Gasteiger partial charge in [-0.25, -0.2) is 4.79 Å². The molecule has 0 unspecified atom stereocenters. The number of hydrogen-bond acceptors (Lipinski definition) is 6. The lowest BCUT2D eigenvalue weighted by Gasteiger charge is -2.48. The molecule has 0 aromatic heterocycles. The first-order valence-corrected chi connectivity index (χ1v) is 11.2. The summed E-state index contributed by atoms with van der Waals surface area (Å²) >= 11 is 1.50. The topological polar surface area (TPSA) is 127 Å². The van der Waals surface area contributed by atoms with Crippen LogP contribution in [0, 0.1) is 5.92 Å². The third-order valence-electron chi connectivity index (χ3n) is 5.24. The lowest BCUT2D eigenvalue weighted by Crippen LogP contribution is -2.60. The van der Waals surface area contributed by atoms with Gasteiger partial charge in [0, 0.05) is 23.8 Å². The van der Waals surface area contributed by atoms with Gasteiger partial charge in [-0.3, -0.25) is 19.3 Å². The molecule has 2 aliphatic heterocycles. The van der Waals surface area contributed by atoms with E-state index in [2.05, 4.69) is 0 Å². The molecule has 2 atom stereocenters. The van der Waals surface area contributed by atoms with Gasteiger partial charge in [-0.05, 0) is 23.3 Å². The van der Waals surface area contributed by atoms with E-state index in [9.17, 15) is 24.3 Å². The number of aliphatic carboxylic acids is 1. The molecule has 0 aliphatic carbocycles. The summed E-state index contributed by atoms with van der Waals surface area (Å²) in [5, 5.41) is 9.09. The van der Waals surface area contributed by atoms with E-state index < -0.39 is 17.8 Å². The molecule has 2 aromatic carbocycles. The van der Waals surface area contributed by atoms with Crippen molar-refractivity contribution >= 4 is 35.5 Å². The molecule has 8 nitrogen and oxygen atoms in total. The van der Waals surface area contributed by atoms with E-state index in [0.29, 0.717) is 16.9 Å². The molecule has 2 aromatic rings. The van der Waals surface area contributed by atoms with Crippen LogP contribution in [0.2, 0.25) is 0 Å². The van der Waals surface area contributed by atoms with Gasteiger partial charge in [-0.1, -0.05) is 49.4 Å². The summed E-state index contributed by atoms with van der Waals surface area (Å²) in [6.07, 6.45) is 0. The van der Waals surface area contributed by atoms with Crippen LogP contribution < -0.4 is 5.73 Å². The van der Waals surface area contributed by atoms with Crippen LogP contribution in [0.25, 0.3) is 11.1 Å².